The highest BCUT2D eigenvalue weighted by Gasteiger charge is 1.96. The average Bonchev–Trinajstić information content (AvgIpc) is 2.18. The molecule has 0 saturated carbocycles. The van der Waals surface area contributed by atoms with Gasteiger partial charge in [-0.15, -0.1) is 0 Å². The minimum Gasteiger partial charge on any atom is -0.354 e. The van der Waals surface area contributed by atoms with Crippen molar-refractivity contribution >= 4 is 11.7 Å². The van der Waals surface area contributed by atoms with Crippen LogP contribution in [0.4, 0.5) is 5.95 Å². The second-order valence-electron chi connectivity index (χ2n) is 3.15. The lowest BCUT2D eigenvalue weighted by atomic mass is 10.3. The van der Waals surface area contributed by atoms with Gasteiger partial charge in [0.2, 0.25) is 5.95 Å². The van der Waals surface area contributed by atoms with E-state index in [0.717, 1.165) is 12.0 Å². The number of anilines is 1. The molecule has 0 aliphatic rings. The van der Waals surface area contributed by atoms with E-state index in [0.29, 0.717) is 18.9 Å². The summed E-state index contributed by atoms with van der Waals surface area (Å²) in [6.45, 7) is 4.23. The van der Waals surface area contributed by atoms with E-state index in [2.05, 4.69) is 22.2 Å². The van der Waals surface area contributed by atoms with Crippen LogP contribution in [0.3, 0.4) is 0 Å². The maximum Gasteiger partial charge on any atom is 0.222 e. The number of carbonyl (C=O) groups excluding carboxylic acids is 1. The predicted molar refractivity (Wildman–Crippen MR) is 55.2 cm³/mol. The van der Waals surface area contributed by atoms with Gasteiger partial charge in [0.15, 0.2) is 0 Å². The first-order valence-electron chi connectivity index (χ1n) is 4.76. The van der Waals surface area contributed by atoms with E-state index in [-0.39, 0.29) is 5.78 Å². The molecule has 0 atom stereocenters. The highest BCUT2D eigenvalue weighted by atomic mass is 16.1. The van der Waals surface area contributed by atoms with Crippen LogP contribution in [0.15, 0.2) is 12.4 Å². The summed E-state index contributed by atoms with van der Waals surface area (Å²) in [7, 11) is 0. The molecule has 1 N–H and O–H groups in total. The van der Waals surface area contributed by atoms with Crippen molar-refractivity contribution in [3.63, 3.8) is 0 Å². The molecule has 0 spiro atoms. The second-order valence-corrected chi connectivity index (χ2v) is 3.15. The molecule has 14 heavy (non-hydrogen) atoms. The molecule has 1 aromatic heterocycles. The first-order chi connectivity index (χ1) is 6.72. The standard InChI is InChI=1S/C10H15N3O/c1-3-9-6-12-10(13-7-9)11-5-4-8(2)14/h6-7H,3-5H2,1-2H3,(H,11,12,13). The summed E-state index contributed by atoms with van der Waals surface area (Å²) in [6.07, 6.45) is 5.04. The molecule has 0 fully saturated rings. The molecule has 1 aromatic rings. The quantitative estimate of drug-likeness (QED) is 0.768. The zero-order valence-electron chi connectivity index (χ0n) is 8.58. The minimum absolute atomic E-state index is 0.169. The van der Waals surface area contributed by atoms with Gasteiger partial charge in [0.1, 0.15) is 5.78 Å². The number of nitrogens with one attached hydrogen (secondary N) is 1. The van der Waals surface area contributed by atoms with Crippen LogP contribution < -0.4 is 5.32 Å². The molecule has 0 aliphatic carbocycles. The first kappa shape index (κ1) is 10.6. The molecule has 0 amide bonds. The summed E-state index contributed by atoms with van der Waals surface area (Å²) < 4.78 is 0. The Morgan fingerprint density at radius 1 is 1.43 bits per heavy atom. The third-order valence-corrected chi connectivity index (χ3v) is 1.87. The van der Waals surface area contributed by atoms with Gasteiger partial charge in [0.25, 0.3) is 0 Å². The number of hydrogen-bond donors (Lipinski definition) is 1. The molecule has 4 heteroatoms. The summed E-state index contributed by atoms with van der Waals surface area (Å²) in [5, 5.41) is 2.98. The van der Waals surface area contributed by atoms with E-state index < -0.39 is 0 Å². The van der Waals surface area contributed by atoms with Gasteiger partial charge in [-0.3, -0.25) is 4.79 Å². The molecule has 0 unspecified atom stereocenters. The van der Waals surface area contributed by atoms with Crippen molar-refractivity contribution in [2.75, 3.05) is 11.9 Å². The van der Waals surface area contributed by atoms with Crippen LogP contribution in [0.25, 0.3) is 0 Å². The Hall–Kier alpha value is -1.45. The number of aryl methyl sites for hydroxylation is 1. The van der Waals surface area contributed by atoms with Gasteiger partial charge in [-0.1, -0.05) is 6.92 Å². The lowest BCUT2D eigenvalue weighted by Crippen LogP contribution is -2.08. The Morgan fingerprint density at radius 2 is 2.07 bits per heavy atom. The summed E-state index contributed by atoms with van der Waals surface area (Å²) >= 11 is 0. The van der Waals surface area contributed by atoms with E-state index in [1.54, 1.807) is 19.3 Å². The topological polar surface area (TPSA) is 54.9 Å². The molecule has 0 aliphatic heterocycles. The van der Waals surface area contributed by atoms with Gasteiger partial charge in [-0.2, -0.15) is 0 Å². The summed E-state index contributed by atoms with van der Waals surface area (Å²) in [5.41, 5.74) is 1.11. The Kier molecular flexibility index (Phi) is 4.04. The van der Waals surface area contributed by atoms with Crippen LogP contribution in [-0.2, 0) is 11.2 Å². The van der Waals surface area contributed by atoms with Crippen LogP contribution >= 0.6 is 0 Å². The Bertz CT molecular complexity index is 295. The molecule has 0 radical (unpaired) electrons. The number of aromatic nitrogens is 2. The van der Waals surface area contributed by atoms with Gasteiger partial charge in [-0.25, -0.2) is 9.97 Å². The maximum absolute atomic E-state index is 10.7. The van der Waals surface area contributed by atoms with Crippen molar-refractivity contribution in [1.29, 1.82) is 0 Å². The summed E-state index contributed by atoms with van der Waals surface area (Å²) in [6, 6.07) is 0. The molecule has 0 bridgehead atoms. The van der Waals surface area contributed by atoms with Crippen molar-refractivity contribution in [1.82, 2.24) is 9.97 Å². The molecule has 0 aromatic carbocycles. The number of rotatable bonds is 5. The monoisotopic (exact) mass is 193 g/mol. The highest BCUT2D eigenvalue weighted by Crippen LogP contribution is 2.00. The zero-order valence-corrected chi connectivity index (χ0v) is 8.58. The fourth-order valence-corrected chi connectivity index (χ4v) is 0.979. The Morgan fingerprint density at radius 3 is 2.57 bits per heavy atom. The van der Waals surface area contributed by atoms with Gasteiger partial charge in [0.05, 0.1) is 0 Å². The van der Waals surface area contributed by atoms with Crippen LogP contribution in [0.1, 0.15) is 25.8 Å². The van der Waals surface area contributed by atoms with Crippen molar-refractivity contribution < 1.29 is 4.79 Å². The maximum atomic E-state index is 10.7. The SMILES string of the molecule is CCc1cnc(NCCC(C)=O)nc1. The lowest BCUT2D eigenvalue weighted by molar-refractivity contribution is -0.116. The average molecular weight is 193 g/mol. The normalized spacial score (nSPS) is 9.86. The van der Waals surface area contributed by atoms with Gasteiger partial charge in [0, 0.05) is 25.4 Å². The highest BCUT2D eigenvalue weighted by molar-refractivity contribution is 5.75. The van der Waals surface area contributed by atoms with Crippen LogP contribution in [0.2, 0.25) is 0 Å². The third kappa shape index (κ3) is 3.51. The van der Waals surface area contributed by atoms with Crippen molar-refractivity contribution in [2.45, 2.75) is 26.7 Å². The third-order valence-electron chi connectivity index (χ3n) is 1.87. The van der Waals surface area contributed by atoms with E-state index in [9.17, 15) is 4.79 Å². The predicted octanol–water partition coefficient (Wildman–Crippen LogP) is 1.43. The lowest BCUT2D eigenvalue weighted by Gasteiger charge is -2.02. The van der Waals surface area contributed by atoms with Gasteiger partial charge >= 0.3 is 0 Å². The number of hydrogen-bond acceptors (Lipinski definition) is 4. The van der Waals surface area contributed by atoms with Gasteiger partial charge in [-0.05, 0) is 18.9 Å². The second kappa shape index (κ2) is 5.32. The number of ketones is 1. The fraction of sp³-hybridized carbons (Fsp3) is 0.500. The summed E-state index contributed by atoms with van der Waals surface area (Å²) in [4.78, 5) is 18.9. The molecular weight excluding hydrogens is 178 g/mol. The first-order valence-corrected chi connectivity index (χ1v) is 4.76. The molecule has 76 valence electrons. The van der Waals surface area contributed by atoms with Crippen LogP contribution in [0, 0.1) is 0 Å². The molecule has 1 heterocycles. The number of carbonyl (C=O) groups is 1. The van der Waals surface area contributed by atoms with Crippen molar-refractivity contribution in [3.8, 4) is 0 Å². The Balaban J connectivity index is 2.40. The van der Waals surface area contributed by atoms with E-state index in [1.807, 2.05) is 0 Å². The number of nitrogens with zero attached hydrogens (tertiary/aromatic N) is 2. The Labute approximate surface area is 83.8 Å². The zero-order chi connectivity index (χ0) is 10.4. The van der Waals surface area contributed by atoms with E-state index in [1.165, 1.54) is 0 Å². The molecule has 1 rings (SSSR count). The minimum atomic E-state index is 0.169. The summed E-state index contributed by atoms with van der Waals surface area (Å²) in [5.74, 6) is 0.756. The largest absolute Gasteiger partial charge is 0.354 e. The molecular formula is C10H15N3O. The van der Waals surface area contributed by atoms with Crippen molar-refractivity contribution in [3.05, 3.63) is 18.0 Å². The number of Topliss-reactive ketones (excluding diaryl/α,β-unsaturated/α-hetero) is 1. The van der Waals surface area contributed by atoms with E-state index in [4.69, 9.17) is 0 Å². The van der Waals surface area contributed by atoms with Crippen LogP contribution in [0.5, 0.6) is 0 Å². The molecule has 0 saturated heterocycles. The van der Waals surface area contributed by atoms with Crippen molar-refractivity contribution in [2.24, 2.45) is 0 Å². The smallest absolute Gasteiger partial charge is 0.222 e. The van der Waals surface area contributed by atoms with Gasteiger partial charge < -0.3 is 5.32 Å². The molecule has 4 nitrogen and oxygen atoms in total. The fourth-order valence-electron chi connectivity index (χ4n) is 0.979. The van der Waals surface area contributed by atoms with E-state index >= 15 is 0 Å². The van der Waals surface area contributed by atoms with Crippen LogP contribution in [-0.4, -0.2) is 22.3 Å².